The Morgan fingerprint density at radius 2 is 1.96 bits per heavy atom. The van der Waals surface area contributed by atoms with E-state index in [1.807, 2.05) is 13.8 Å². The SMILES string of the molecule is CC(C)c1[nH]nc(C(=O)NCC(Cc2ccc(F)cc2)C(N)=O)c1Br. The fraction of sp³-hybridized carbons (Fsp3) is 0.353. The number of primary amides is 1. The highest BCUT2D eigenvalue weighted by Crippen LogP contribution is 2.25. The molecule has 2 amide bonds. The van der Waals surface area contributed by atoms with E-state index in [1.54, 1.807) is 12.1 Å². The van der Waals surface area contributed by atoms with Gasteiger partial charge in [-0.15, -0.1) is 0 Å². The lowest BCUT2D eigenvalue weighted by molar-refractivity contribution is -0.121. The Morgan fingerprint density at radius 1 is 1.32 bits per heavy atom. The molecular weight excluding hydrogens is 391 g/mol. The molecule has 0 saturated carbocycles. The lowest BCUT2D eigenvalue weighted by Crippen LogP contribution is -2.37. The molecule has 4 N–H and O–H groups in total. The Hall–Kier alpha value is -2.22. The van der Waals surface area contributed by atoms with Gasteiger partial charge in [-0.2, -0.15) is 5.10 Å². The van der Waals surface area contributed by atoms with Crippen molar-refractivity contribution in [3.8, 4) is 0 Å². The Labute approximate surface area is 153 Å². The quantitative estimate of drug-likeness (QED) is 0.653. The molecule has 0 fully saturated rings. The van der Waals surface area contributed by atoms with Gasteiger partial charge in [0.1, 0.15) is 5.82 Å². The third-order valence-corrected chi connectivity index (χ3v) is 4.63. The minimum Gasteiger partial charge on any atom is -0.369 e. The average molecular weight is 411 g/mol. The normalized spacial score (nSPS) is 12.2. The van der Waals surface area contributed by atoms with Crippen LogP contribution < -0.4 is 11.1 Å². The number of amides is 2. The van der Waals surface area contributed by atoms with Gasteiger partial charge in [-0.05, 0) is 46.0 Å². The number of nitrogens with one attached hydrogen (secondary N) is 2. The summed E-state index contributed by atoms with van der Waals surface area (Å²) in [5.41, 5.74) is 7.24. The lowest BCUT2D eigenvalue weighted by atomic mass is 9.98. The first-order valence-corrected chi connectivity index (χ1v) is 8.64. The van der Waals surface area contributed by atoms with Gasteiger partial charge in [0, 0.05) is 6.54 Å². The van der Waals surface area contributed by atoms with Gasteiger partial charge in [-0.3, -0.25) is 14.7 Å². The standard InChI is InChI=1S/C17H20BrFN4O2/c1-9(2)14-13(18)15(23-22-14)17(25)21-8-11(16(20)24)7-10-3-5-12(19)6-4-10/h3-6,9,11H,7-8H2,1-2H3,(H2,20,24)(H,21,25)(H,22,23). The van der Waals surface area contributed by atoms with Crippen molar-refractivity contribution in [2.75, 3.05) is 6.54 Å². The van der Waals surface area contributed by atoms with Crippen molar-refractivity contribution in [3.63, 3.8) is 0 Å². The molecule has 6 nitrogen and oxygen atoms in total. The first-order valence-electron chi connectivity index (χ1n) is 7.85. The number of aromatic amines is 1. The molecule has 1 unspecified atom stereocenters. The van der Waals surface area contributed by atoms with E-state index in [0.717, 1.165) is 11.3 Å². The largest absolute Gasteiger partial charge is 0.369 e. The molecule has 0 spiro atoms. The number of benzene rings is 1. The molecule has 25 heavy (non-hydrogen) atoms. The van der Waals surface area contributed by atoms with Gasteiger partial charge in [0.15, 0.2) is 5.69 Å². The van der Waals surface area contributed by atoms with E-state index in [2.05, 4.69) is 31.4 Å². The first kappa shape index (κ1) is 19.1. The van der Waals surface area contributed by atoms with Crippen molar-refractivity contribution in [1.29, 1.82) is 0 Å². The van der Waals surface area contributed by atoms with E-state index in [9.17, 15) is 14.0 Å². The van der Waals surface area contributed by atoms with E-state index in [4.69, 9.17) is 5.73 Å². The second-order valence-corrected chi connectivity index (χ2v) is 6.89. The Morgan fingerprint density at radius 3 is 2.48 bits per heavy atom. The average Bonchev–Trinajstić information content (AvgIpc) is 2.94. The van der Waals surface area contributed by atoms with Crippen molar-refractivity contribution >= 4 is 27.7 Å². The zero-order chi connectivity index (χ0) is 18.6. The van der Waals surface area contributed by atoms with Crippen LogP contribution in [0.3, 0.4) is 0 Å². The topological polar surface area (TPSA) is 101 Å². The van der Waals surface area contributed by atoms with Crippen molar-refractivity contribution in [1.82, 2.24) is 15.5 Å². The summed E-state index contributed by atoms with van der Waals surface area (Å²) in [5.74, 6) is -1.71. The molecule has 0 saturated heterocycles. The van der Waals surface area contributed by atoms with Gasteiger partial charge in [0.2, 0.25) is 5.91 Å². The third-order valence-electron chi connectivity index (χ3n) is 3.83. The van der Waals surface area contributed by atoms with Crippen molar-refractivity contribution < 1.29 is 14.0 Å². The van der Waals surface area contributed by atoms with Gasteiger partial charge in [-0.25, -0.2) is 4.39 Å². The van der Waals surface area contributed by atoms with Gasteiger partial charge in [0.25, 0.3) is 5.91 Å². The Balaban J connectivity index is 2.02. The molecule has 0 aliphatic heterocycles. The minimum atomic E-state index is -0.600. The molecule has 2 rings (SSSR count). The summed E-state index contributed by atoms with van der Waals surface area (Å²) in [5, 5.41) is 9.52. The molecule has 1 aromatic heterocycles. The number of nitrogens with two attached hydrogens (primary N) is 1. The highest BCUT2D eigenvalue weighted by molar-refractivity contribution is 9.10. The summed E-state index contributed by atoms with van der Waals surface area (Å²) in [4.78, 5) is 23.9. The molecule has 2 aromatic rings. The van der Waals surface area contributed by atoms with Gasteiger partial charge in [0.05, 0.1) is 16.1 Å². The summed E-state index contributed by atoms with van der Waals surface area (Å²) in [6.07, 6.45) is 0.314. The van der Waals surface area contributed by atoms with Crippen molar-refractivity contribution in [3.05, 3.63) is 51.5 Å². The zero-order valence-electron chi connectivity index (χ0n) is 14.0. The second kappa shape index (κ2) is 8.24. The van der Waals surface area contributed by atoms with Crippen LogP contribution in [-0.4, -0.2) is 28.6 Å². The number of rotatable bonds is 7. The number of carbonyl (C=O) groups is 2. The van der Waals surface area contributed by atoms with Crippen LogP contribution in [0.15, 0.2) is 28.7 Å². The van der Waals surface area contributed by atoms with Gasteiger partial charge in [-0.1, -0.05) is 26.0 Å². The zero-order valence-corrected chi connectivity index (χ0v) is 15.6. The van der Waals surface area contributed by atoms with E-state index in [0.29, 0.717) is 10.9 Å². The van der Waals surface area contributed by atoms with E-state index >= 15 is 0 Å². The molecule has 1 atom stereocenters. The Kier molecular flexibility index (Phi) is 6.30. The van der Waals surface area contributed by atoms with Crippen LogP contribution in [0.1, 0.15) is 41.5 Å². The molecule has 0 aliphatic carbocycles. The van der Waals surface area contributed by atoms with Crippen molar-refractivity contribution in [2.24, 2.45) is 11.7 Å². The minimum absolute atomic E-state index is 0.0713. The summed E-state index contributed by atoms with van der Waals surface area (Å²) in [6.45, 7) is 4.03. The third kappa shape index (κ3) is 4.88. The smallest absolute Gasteiger partial charge is 0.272 e. The van der Waals surface area contributed by atoms with Crippen LogP contribution in [0.2, 0.25) is 0 Å². The molecule has 134 valence electrons. The maximum absolute atomic E-state index is 13.0. The van der Waals surface area contributed by atoms with Crippen molar-refractivity contribution in [2.45, 2.75) is 26.2 Å². The van der Waals surface area contributed by atoms with Crippen LogP contribution in [0.4, 0.5) is 4.39 Å². The molecule has 0 radical (unpaired) electrons. The molecule has 0 bridgehead atoms. The number of H-pyrrole nitrogens is 1. The monoisotopic (exact) mass is 410 g/mol. The summed E-state index contributed by atoms with van der Waals surface area (Å²) < 4.78 is 13.6. The molecule has 1 heterocycles. The first-order chi connectivity index (χ1) is 11.8. The summed E-state index contributed by atoms with van der Waals surface area (Å²) in [7, 11) is 0. The lowest BCUT2D eigenvalue weighted by Gasteiger charge is -2.14. The van der Waals surface area contributed by atoms with Crippen LogP contribution in [0, 0.1) is 11.7 Å². The van der Waals surface area contributed by atoms with E-state index in [-0.39, 0.29) is 24.0 Å². The maximum atomic E-state index is 13.0. The number of hydrogen-bond acceptors (Lipinski definition) is 3. The van der Waals surface area contributed by atoms with Crippen LogP contribution in [-0.2, 0) is 11.2 Å². The fourth-order valence-corrected chi connectivity index (χ4v) is 3.17. The second-order valence-electron chi connectivity index (χ2n) is 6.09. The summed E-state index contributed by atoms with van der Waals surface area (Å²) >= 11 is 3.37. The predicted octanol–water partition coefficient (Wildman–Crippen LogP) is 2.51. The summed E-state index contributed by atoms with van der Waals surface area (Å²) in [6, 6.07) is 5.82. The maximum Gasteiger partial charge on any atom is 0.272 e. The number of nitrogens with zero attached hydrogens (tertiary/aromatic N) is 1. The predicted molar refractivity (Wildman–Crippen MR) is 95.5 cm³/mol. The van der Waals surface area contributed by atoms with E-state index < -0.39 is 17.7 Å². The highest BCUT2D eigenvalue weighted by Gasteiger charge is 2.22. The molecule has 8 heteroatoms. The number of halogens is 2. The number of carbonyl (C=O) groups excluding carboxylic acids is 2. The number of hydrogen-bond donors (Lipinski definition) is 3. The number of aromatic nitrogens is 2. The fourth-order valence-electron chi connectivity index (χ4n) is 2.35. The molecule has 0 aliphatic rings. The van der Waals surface area contributed by atoms with Gasteiger partial charge >= 0.3 is 0 Å². The van der Waals surface area contributed by atoms with Crippen LogP contribution in [0.5, 0.6) is 0 Å². The van der Waals surface area contributed by atoms with Gasteiger partial charge < -0.3 is 11.1 Å². The Bertz CT molecular complexity index is 759. The van der Waals surface area contributed by atoms with Crippen LogP contribution in [0.25, 0.3) is 0 Å². The molecule has 1 aromatic carbocycles. The van der Waals surface area contributed by atoms with Crippen LogP contribution >= 0.6 is 15.9 Å². The van der Waals surface area contributed by atoms with E-state index in [1.165, 1.54) is 12.1 Å². The highest BCUT2D eigenvalue weighted by atomic mass is 79.9. The molecular formula is C17H20BrFN4O2.